The number of rotatable bonds is 9. The number of nitrogens with zero attached hydrogens (tertiary/aromatic N) is 3. The molecule has 0 bridgehead atoms. The van der Waals surface area contributed by atoms with E-state index in [2.05, 4.69) is 334 Å². The predicted octanol–water partition coefficient (Wildman–Crippen LogP) is 23.7. The molecule has 0 aliphatic heterocycles. The first-order chi connectivity index (χ1) is 43.9. The van der Waals surface area contributed by atoms with E-state index >= 15 is 0 Å². The lowest BCUT2D eigenvalue weighted by Crippen LogP contribution is -2.09. The molecule has 0 aliphatic rings. The summed E-state index contributed by atoms with van der Waals surface area (Å²) >= 11 is 0. The fraction of sp³-hybridized carbons (Fsp3) is 0.0349. The van der Waals surface area contributed by atoms with E-state index in [0.717, 1.165) is 50.7 Å². The quantitative estimate of drug-likeness (QED) is 0.134. The first-order valence-electron chi connectivity index (χ1n) is 30.6. The Morgan fingerprint density at radius 1 is 0.247 bits per heavy atom. The molecule has 0 saturated heterocycles. The van der Waals surface area contributed by atoms with Gasteiger partial charge in [-0.2, -0.15) is 0 Å². The highest BCUT2D eigenvalue weighted by Gasteiger charge is 2.23. The van der Waals surface area contributed by atoms with Crippen molar-refractivity contribution in [1.29, 1.82) is 0 Å². The fourth-order valence-electron chi connectivity index (χ4n) is 12.7. The van der Waals surface area contributed by atoms with Gasteiger partial charge in [0.1, 0.15) is 5.82 Å². The molecule has 0 amide bonds. The van der Waals surface area contributed by atoms with Crippen molar-refractivity contribution in [2.45, 2.75) is 20.8 Å². The molecule has 0 saturated carbocycles. The number of hydrogen-bond acceptors (Lipinski definition) is 2. The summed E-state index contributed by atoms with van der Waals surface area (Å²) in [5.41, 5.74) is 21.1. The van der Waals surface area contributed by atoms with Crippen molar-refractivity contribution in [2.24, 2.45) is 0 Å². The van der Waals surface area contributed by atoms with Crippen LogP contribution in [0.5, 0.6) is 0 Å². The molecule has 3 heteroatoms. The van der Waals surface area contributed by atoms with Gasteiger partial charge in [-0.05, 0) is 175 Å². The summed E-state index contributed by atoms with van der Waals surface area (Å²) in [7, 11) is 0. The molecular weight excluding hydrogens is 1070 g/mol. The number of hydrogen-bond donors (Lipinski definition) is 0. The molecule has 0 N–H and O–H groups in total. The molecule has 16 aromatic rings. The number of anilines is 3. The molecule has 1 heterocycles. The van der Waals surface area contributed by atoms with Crippen LogP contribution in [0, 0.1) is 20.8 Å². The van der Waals surface area contributed by atoms with Crippen LogP contribution >= 0.6 is 0 Å². The normalized spacial score (nSPS) is 11.1. The van der Waals surface area contributed by atoms with Crippen LogP contribution in [0.3, 0.4) is 0 Å². The SMILES string of the molecule is Cc1ccc(-c2c3ccccc3c(-c3ccc(N(c4ccccc4)c4ccccc4)cc3)c3cc(-c4c5ccccc5c(-c5ccc(-c6nc7ccccc7n6-c6ccccc6)cc5)c5ccccc45)ccc23)cc1.Cc1ccccc1.Cc1ccccc1. The van der Waals surface area contributed by atoms with Gasteiger partial charge < -0.3 is 4.90 Å². The van der Waals surface area contributed by atoms with Gasteiger partial charge in [-0.3, -0.25) is 4.57 Å². The van der Waals surface area contributed by atoms with Gasteiger partial charge in [-0.25, -0.2) is 4.98 Å². The molecule has 3 nitrogen and oxygen atoms in total. The van der Waals surface area contributed by atoms with E-state index < -0.39 is 0 Å². The maximum Gasteiger partial charge on any atom is 0.145 e. The lowest BCUT2D eigenvalue weighted by Gasteiger charge is -2.26. The Bertz CT molecular complexity index is 4960. The average molecular weight is 1140 g/mol. The van der Waals surface area contributed by atoms with Crippen molar-refractivity contribution < 1.29 is 0 Å². The molecule has 15 aromatic carbocycles. The minimum Gasteiger partial charge on any atom is -0.311 e. The van der Waals surface area contributed by atoms with Crippen molar-refractivity contribution in [3.05, 3.63) is 356 Å². The highest BCUT2D eigenvalue weighted by molar-refractivity contribution is 6.25. The zero-order chi connectivity index (χ0) is 60.0. The van der Waals surface area contributed by atoms with E-state index in [9.17, 15) is 0 Å². The zero-order valence-corrected chi connectivity index (χ0v) is 50.2. The van der Waals surface area contributed by atoms with Crippen LogP contribution in [0.15, 0.2) is 340 Å². The Kier molecular flexibility index (Phi) is 15.5. The second-order valence-corrected chi connectivity index (χ2v) is 22.8. The zero-order valence-electron chi connectivity index (χ0n) is 50.2. The Morgan fingerprint density at radius 2 is 0.562 bits per heavy atom. The minimum atomic E-state index is 0.922. The first-order valence-corrected chi connectivity index (χ1v) is 30.6. The summed E-state index contributed by atoms with van der Waals surface area (Å²) in [4.78, 5) is 7.52. The Labute approximate surface area is 521 Å². The third-order valence-electron chi connectivity index (χ3n) is 16.9. The van der Waals surface area contributed by atoms with Gasteiger partial charge in [0.05, 0.1) is 11.0 Å². The molecule has 0 spiro atoms. The summed E-state index contributed by atoms with van der Waals surface area (Å²) in [5, 5.41) is 9.76. The second kappa shape index (κ2) is 24.9. The van der Waals surface area contributed by atoms with Crippen molar-refractivity contribution in [3.63, 3.8) is 0 Å². The largest absolute Gasteiger partial charge is 0.311 e. The Hall–Kier alpha value is -11.4. The van der Waals surface area contributed by atoms with Crippen LogP contribution in [0.2, 0.25) is 0 Å². The monoisotopic (exact) mass is 1140 g/mol. The lowest BCUT2D eigenvalue weighted by atomic mass is 9.82. The van der Waals surface area contributed by atoms with Gasteiger partial charge in [0.15, 0.2) is 0 Å². The standard InChI is InChI=1S/C72H49N3.2C7H8/c1-48-33-35-49(36-34-48)69-58-25-11-14-28-61(58)70(51-41-44-57(45-42-51)74(54-19-5-2-6-20-54)55-21-7-3-8-22-55)65-47-53(43-46-64(65)69)71-62-29-15-12-26-59(62)68(60-27-13-16-30-63(60)71)50-37-39-52(40-38-50)72-73-66-31-17-18-32-67(66)75(72)56-23-9-4-10-24-56;2*1-7-5-3-2-4-6-7/h2-47H,1H3;2*2-6H,1H3. The summed E-state index contributed by atoms with van der Waals surface area (Å²) in [6.07, 6.45) is 0. The number of aryl methyl sites for hydroxylation is 3. The van der Waals surface area contributed by atoms with Crippen LogP contribution in [0.4, 0.5) is 17.1 Å². The Morgan fingerprint density at radius 3 is 1.01 bits per heavy atom. The maximum atomic E-state index is 5.19. The molecule has 0 unspecified atom stereocenters. The third kappa shape index (κ3) is 11.1. The second-order valence-electron chi connectivity index (χ2n) is 22.8. The van der Waals surface area contributed by atoms with Crippen LogP contribution in [0.25, 0.3) is 116 Å². The van der Waals surface area contributed by atoms with Gasteiger partial charge in [-0.15, -0.1) is 0 Å². The third-order valence-corrected chi connectivity index (χ3v) is 16.9. The van der Waals surface area contributed by atoms with E-state index in [1.807, 2.05) is 36.4 Å². The van der Waals surface area contributed by atoms with Crippen LogP contribution in [0.1, 0.15) is 16.7 Å². The smallest absolute Gasteiger partial charge is 0.145 e. The molecular formula is C86H65N3. The molecule has 1 aromatic heterocycles. The molecule has 16 rings (SSSR count). The summed E-state index contributed by atoms with van der Waals surface area (Å²) in [6, 6.07) is 122. The minimum absolute atomic E-state index is 0.922. The van der Waals surface area contributed by atoms with E-state index in [-0.39, 0.29) is 0 Å². The van der Waals surface area contributed by atoms with E-state index in [1.165, 1.54) is 98.7 Å². The summed E-state index contributed by atoms with van der Waals surface area (Å²) in [5.74, 6) is 0.922. The summed E-state index contributed by atoms with van der Waals surface area (Å²) in [6.45, 7) is 6.33. The lowest BCUT2D eigenvalue weighted by molar-refractivity contribution is 1.10. The van der Waals surface area contributed by atoms with Crippen molar-refractivity contribution in [2.75, 3.05) is 4.90 Å². The first kappa shape index (κ1) is 55.5. The molecule has 0 fully saturated rings. The number of fused-ring (bicyclic) bond motifs is 5. The van der Waals surface area contributed by atoms with Gasteiger partial charge in [0, 0.05) is 28.3 Å². The Balaban J connectivity index is 0.000000439. The van der Waals surface area contributed by atoms with Crippen LogP contribution in [-0.4, -0.2) is 9.55 Å². The van der Waals surface area contributed by atoms with Gasteiger partial charge in [0.2, 0.25) is 0 Å². The maximum absolute atomic E-state index is 5.19. The number of imidazole rings is 1. The van der Waals surface area contributed by atoms with Gasteiger partial charge in [0.25, 0.3) is 0 Å². The van der Waals surface area contributed by atoms with E-state index in [0.29, 0.717) is 0 Å². The van der Waals surface area contributed by atoms with Crippen molar-refractivity contribution >= 4 is 71.2 Å². The topological polar surface area (TPSA) is 21.1 Å². The molecule has 0 aliphatic carbocycles. The van der Waals surface area contributed by atoms with Crippen LogP contribution < -0.4 is 4.90 Å². The van der Waals surface area contributed by atoms with Gasteiger partial charge >= 0.3 is 0 Å². The van der Waals surface area contributed by atoms with E-state index in [4.69, 9.17) is 4.98 Å². The van der Waals surface area contributed by atoms with E-state index in [1.54, 1.807) is 0 Å². The highest BCUT2D eigenvalue weighted by Crippen LogP contribution is 2.49. The molecule has 0 atom stereocenters. The van der Waals surface area contributed by atoms with Crippen LogP contribution in [-0.2, 0) is 0 Å². The van der Waals surface area contributed by atoms with Gasteiger partial charge in [-0.1, -0.05) is 290 Å². The predicted molar refractivity (Wildman–Crippen MR) is 380 cm³/mol. The van der Waals surface area contributed by atoms with Crippen molar-refractivity contribution in [3.8, 4) is 61.6 Å². The number of benzene rings is 15. The number of aromatic nitrogens is 2. The van der Waals surface area contributed by atoms with Crippen molar-refractivity contribution in [1.82, 2.24) is 9.55 Å². The molecule has 0 radical (unpaired) electrons. The average Bonchev–Trinajstić information content (AvgIpc) is 1.35. The molecule has 89 heavy (non-hydrogen) atoms. The summed E-state index contributed by atoms with van der Waals surface area (Å²) < 4.78 is 2.27. The highest BCUT2D eigenvalue weighted by atomic mass is 15.1. The molecule has 424 valence electrons. The number of para-hydroxylation sites is 5. The fourth-order valence-corrected chi connectivity index (χ4v) is 12.7.